The number of phosphoric acid groups is 1. The van der Waals surface area contributed by atoms with Crippen LogP contribution in [0.5, 0.6) is 0 Å². The molecule has 3 rings (SSSR count). The number of methoxy groups -OCH3 is 2. The summed E-state index contributed by atoms with van der Waals surface area (Å²) in [6.07, 6.45) is 0.0751. The van der Waals surface area contributed by atoms with Crippen molar-refractivity contribution < 1.29 is 33.1 Å². The number of nitrogens with zero attached hydrogens (tertiary/aromatic N) is 4. The highest BCUT2D eigenvalue weighted by Crippen LogP contribution is 2.40. The number of nitrogens with two attached hydrogens (primary N) is 1. The molecule has 0 bridgehead atoms. The normalized spacial score (nSPS) is 27.2. The van der Waals surface area contributed by atoms with Crippen molar-refractivity contribution in [3.05, 3.63) is 12.7 Å². The monoisotopic (exact) mass is 375 g/mol. The van der Waals surface area contributed by atoms with Crippen molar-refractivity contribution in [3.8, 4) is 0 Å². The van der Waals surface area contributed by atoms with Gasteiger partial charge in [0, 0.05) is 14.2 Å². The zero-order chi connectivity index (χ0) is 18.2. The molecule has 4 atom stereocenters. The minimum absolute atomic E-state index is 0.223. The van der Waals surface area contributed by atoms with Crippen LogP contribution in [0.1, 0.15) is 6.23 Å². The molecule has 12 nitrogen and oxygen atoms in total. The number of imidazole rings is 1. The lowest BCUT2D eigenvalue weighted by Gasteiger charge is -2.22. The molecule has 1 aliphatic heterocycles. The van der Waals surface area contributed by atoms with Crippen LogP contribution >= 0.6 is 7.82 Å². The summed E-state index contributed by atoms with van der Waals surface area (Å²) in [4.78, 5) is 30.0. The van der Waals surface area contributed by atoms with E-state index < -0.39 is 32.4 Å². The Morgan fingerprint density at radius 3 is 2.64 bits per heavy atom. The van der Waals surface area contributed by atoms with Gasteiger partial charge in [-0.2, -0.15) is 0 Å². The van der Waals surface area contributed by atoms with Gasteiger partial charge in [0.25, 0.3) is 0 Å². The number of anilines is 1. The Hall–Kier alpha value is -1.66. The van der Waals surface area contributed by atoms with E-state index >= 15 is 0 Å². The predicted octanol–water partition coefficient (Wildman–Crippen LogP) is -0.555. The molecule has 138 valence electrons. The molecule has 2 aromatic rings. The lowest BCUT2D eigenvalue weighted by Crippen LogP contribution is -2.36. The minimum atomic E-state index is -4.64. The van der Waals surface area contributed by atoms with Gasteiger partial charge in [0.15, 0.2) is 17.7 Å². The second-order valence-electron chi connectivity index (χ2n) is 5.34. The first-order chi connectivity index (χ1) is 11.9. The van der Waals surface area contributed by atoms with E-state index in [1.165, 1.54) is 26.9 Å². The molecule has 1 saturated heterocycles. The largest absolute Gasteiger partial charge is 0.469 e. The van der Waals surface area contributed by atoms with Crippen LogP contribution in [-0.4, -0.2) is 68.4 Å². The van der Waals surface area contributed by atoms with E-state index in [1.807, 2.05) is 0 Å². The number of hydrogen-bond acceptors (Lipinski definition) is 9. The predicted molar refractivity (Wildman–Crippen MR) is 83.2 cm³/mol. The van der Waals surface area contributed by atoms with Gasteiger partial charge in [-0.05, 0) is 0 Å². The molecular weight excluding hydrogens is 357 g/mol. The quantitative estimate of drug-likeness (QED) is 0.555. The van der Waals surface area contributed by atoms with Crippen molar-refractivity contribution in [1.29, 1.82) is 0 Å². The van der Waals surface area contributed by atoms with Crippen molar-refractivity contribution in [2.45, 2.75) is 24.5 Å². The van der Waals surface area contributed by atoms with E-state index in [1.54, 1.807) is 4.57 Å². The molecule has 25 heavy (non-hydrogen) atoms. The van der Waals surface area contributed by atoms with Gasteiger partial charge < -0.3 is 29.7 Å². The zero-order valence-electron chi connectivity index (χ0n) is 13.4. The van der Waals surface area contributed by atoms with Crippen molar-refractivity contribution in [2.75, 3.05) is 26.6 Å². The second kappa shape index (κ2) is 6.92. The van der Waals surface area contributed by atoms with Crippen molar-refractivity contribution in [2.24, 2.45) is 0 Å². The molecule has 0 radical (unpaired) electrons. The first-order valence-electron chi connectivity index (χ1n) is 7.20. The maximum atomic E-state index is 11.0. The van der Waals surface area contributed by atoms with E-state index in [-0.39, 0.29) is 12.4 Å². The maximum absolute atomic E-state index is 11.0. The Kier molecular flexibility index (Phi) is 5.02. The fourth-order valence-electron chi connectivity index (χ4n) is 2.83. The SMILES string of the molecule is COC1C(COP(=O)(O)O)OC(n2cnc3c(N)ncnc32)C1OC. The van der Waals surface area contributed by atoms with Gasteiger partial charge in [0.1, 0.15) is 30.2 Å². The van der Waals surface area contributed by atoms with Crippen LogP contribution in [0.3, 0.4) is 0 Å². The highest BCUT2D eigenvalue weighted by Gasteiger charge is 2.47. The molecule has 0 amide bonds. The van der Waals surface area contributed by atoms with Crippen LogP contribution in [0.15, 0.2) is 12.7 Å². The van der Waals surface area contributed by atoms with Crippen LogP contribution < -0.4 is 5.73 Å². The van der Waals surface area contributed by atoms with Gasteiger partial charge in [-0.3, -0.25) is 9.09 Å². The fraction of sp³-hybridized carbons (Fsp3) is 0.583. The number of rotatable bonds is 6. The number of nitrogen functional groups attached to an aromatic ring is 1. The van der Waals surface area contributed by atoms with Crippen LogP contribution in [0.2, 0.25) is 0 Å². The van der Waals surface area contributed by atoms with Gasteiger partial charge in [0.2, 0.25) is 0 Å². The summed E-state index contributed by atoms with van der Waals surface area (Å²) in [7, 11) is -1.72. The summed E-state index contributed by atoms with van der Waals surface area (Å²) in [5.41, 5.74) is 6.62. The average Bonchev–Trinajstić information content (AvgIpc) is 3.13. The van der Waals surface area contributed by atoms with Crippen LogP contribution in [-0.2, 0) is 23.3 Å². The third-order valence-electron chi connectivity index (χ3n) is 3.90. The molecule has 0 aliphatic carbocycles. The Bertz CT molecular complexity index is 795. The Morgan fingerprint density at radius 2 is 2.00 bits per heavy atom. The molecule has 1 fully saturated rings. The standard InChI is InChI=1S/C12H18N5O7P/c1-21-8-6(3-23-25(18,19)20)24-12(9(8)22-2)17-5-16-7-10(13)14-4-15-11(7)17/h4-6,8-9,12H,3H2,1-2H3,(H2,13,14,15)(H2,18,19,20). The minimum Gasteiger partial charge on any atom is -0.382 e. The number of ether oxygens (including phenoxy) is 3. The number of fused-ring (bicyclic) bond motifs is 1. The van der Waals surface area contributed by atoms with E-state index in [9.17, 15) is 4.57 Å². The first kappa shape index (κ1) is 18.1. The summed E-state index contributed by atoms with van der Waals surface area (Å²) < 4.78 is 33.8. The summed E-state index contributed by atoms with van der Waals surface area (Å²) in [5, 5.41) is 0. The van der Waals surface area contributed by atoms with Gasteiger partial charge in [0.05, 0.1) is 12.9 Å². The third-order valence-corrected chi connectivity index (χ3v) is 4.38. The summed E-state index contributed by atoms with van der Waals surface area (Å²) >= 11 is 0. The zero-order valence-corrected chi connectivity index (χ0v) is 14.3. The van der Waals surface area contributed by atoms with Crippen LogP contribution in [0.25, 0.3) is 11.2 Å². The molecule has 4 N–H and O–H groups in total. The molecule has 0 aromatic carbocycles. The Balaban J connectivity index is 1.92. The van der Waals surface area contributed by atoms with Gasteiger partial charge in [-0.1, -0.05) is 0 Å². The lowest BCUT2D eigenvalue weighted by atomic mass is 10.1. The number of phosphoric ester groups is 1. The average molecular weight is 375 g/mol. The van der Waals surface area contributed by atoms with Crippen molar-refractivity contribution >= 4 is 24.8 Å². The van der Waals surface area contributed by atoms with E-state index in [4.69, 9.17) is 29.7 Å². The molecule has 0 saturated carbocycles. The number of aromatic nitrogens is 4. The Labute approximate surface area is 142 Å². The third kappa shape index (κ3) is 3.51. The molecule has 4 unspecified atom stereocenters. The molecule has 2 aromatic heterocycles. The molecule has 3 heterocycles. The van der Waals surface area contributed by atoms with Crippen molar-refractivity contribution in [1.82, 2.24) is 19.5 Å². The molecule has 1 aliphatic rings. The van der Waals surface area contributed by atoms with Crippen molar-refractivity contribution in [3.63, 3.8) is 0 Å². The molecular formula is C12H18N5O7P. The smallest absolute Gasteiger partial charge is 0.382 e. The van der Waals surface area contributed by atoms with E-state index in [2.05, 4.69) is 19.5 Å². The van der Waals surface area contributed by atoms with Crippen LogP contribution in [0, 0.1) is 0 Å². The highest BCUT2D eigenvalue weighted by molar-refractivity contribution is 7.46. The first-order valence-corrected chi connectivity index (χ1v) is 8.73. The summed E-state index contributed by atoms with van der Waals surface area (Å²) in [6, 6.07) is 0. The van der Waals surface area contributed by atoms with Gasteiger partial charge in [-0.15, -0.1) is 0 Å². The van der Waals surface area contributed by atoms with Crippen LogP contribution in [0.4, 0.5) is 5.82 Å². The molecule has 13 heteroatoms. The fourth-order valence-corrected chi connectivity index (χ4v) is 3.17. The second-order valence-corrected chi connectivity index (χ2v) is 6.57. The van der Waals surface area contributed by atoms with Gasteiger partial charge in [-0.25, -0.2) is 19.5 Å². The topological polar surface area (TPSA) is 164 Å². The Morgan fingerprint density at radius 1 is 1.28 bits per heavy atom. The molecule has 0 spiro atoms. The summed E-state index contributed by atoms with van der Waals surface area (Å²) in [6.45, 7) is -0.372. The van der Waals surface area contributed by atoms with E-state index in [0.29, 0.717) is 11.2 Å². The highest BCUT2D eigenvalue weighted by atomic mass is 31.2. The van der Waals surface area contributed by atoms with Gasteiger partial charge >= 0.3 is 7.82 Å². The van der Waals surface area contributed by atoms with E-state index in [0.717, 1.165) is 0 Å². The summed E-state index contributed by atoms with van der Waals surface area (Å²) in [5.74, 6) is 0.223. The maximum Gasteiger partial charge on any atom is 0.469 e. The number of hydrogen-bond donors (Lipinski definition) is 3. The lowest BCUT2D eigenvalue weighted by molar-refractivity contribution is -0.0578.